The number of nitrogens with zero attached hydrogens (tertiary/aromatic N) is 1. The molecule has 24 heavy (non-hydrogen) atoms. The van der Waals surface area contributed by atoms with Gasteiger partial charge in [-0.25, -0.2) is 9.38 Å². The molecule has 0 saturated carbocycles. The van der Waals surface area contributed by atoms with E-state index < -0.39 is 0 Å². The van der Waals surface area contributed by atoms with Crippen LogP contribution < -0.4 is 0 Å². The number of hydrogen-bond acceptors (Lipinski definition) is 2. The summed E-state index contributed by atoms with van der Waals surface area (Å²) < 4.78 is 18.7. The minimum absolute atomic E-state index is 0.290. The van der Waals surface area contributed by atoms with Crippen molar-refractivity contribution in [1.82, 2.24) is 0 Å². The summed E-state index contributed by atoms with van der Waals surface area (Å²) in [6.07, 6.45) is 0. The SMILES string of the molecule is COCc1cc(F)ccc1N=C(c1ccccc1)c1ccccc1. The summed E-state index contributed by atoms with van der Waals surface area (Å²) in [5, 5.41) is 0. The second kappa shape index (κ2) is 7.66. The Bertz CT molecular complexity index is 787. The Morgan fingerprint density at radius 2 is 1.46 bits per heavy atom. The molecule has 0 aromatic heterocycles. The molecule has 0 N–H and O–H groups in total. The normalized spacial score (nSPS) is 10.4. The summed E-state index contributed by atoms with van der Waals surface area (Å²) in [4.78, 5) is 4.83. The van der Waals surface area contributed by atoms with Crippen LogP contribution in [0.4, 0.5) is 10.1 Å². The van der Waals surface area contributed by atoms with Crippen molar-refractivity contribution in [3.05, 3.63) is 101 Å². The first-order valence-corrected chi connectivity index (χ1v) is 7.75. The van der Waals surface area contributed by atoms with E-state index >= 15 is 0 Å². The lowest BCUT2D eigenvalue weighted by Crippen LogP contribution is -2.03. The van der Waals surface area contributed by atoms with Gasteiger partial charge in [0.05, 0.1) is 18.0 Å². The van der Waals surface area contributed by atoms with Crippen LogP contribution >= 0.6 is 0 Å². The molecule has 2 nitrogen and oxygen atoms in total. The average Bonchev–Trinajstić information content (AvgIpc) is 2.63. The van der Waals surface area contributed by atoms with Crippen LogP contribution in [0, 0.1) is 5.82 Å². The Labute approximate surface area is 141 Å². The first kappa shape index (κ1) is 16.1. The lowest BCUT2D eigenvalue weighted by Gasteiger charge is -2.10. The summed E-state index contributed by atoms with van der Waals surface area (Å²) in [6.45, 7) is 0.313. The van der Waals surface area contributed by atoms with Crippen molar-refractivity contribution < 1.29 is 9.13 Å². The van der Waals surface area contributed by atoms with Crippen LogP contribution in [-0.4, -0.2) is 12.8 Å². The van der Waals surface area contributed by atoms with Crippen molar-refractivity contribution in [3.8, 4) is 0 Å². The summed E-state index contributed by atoms with van der Waals surface area (Å²) in [6, 6.07) is 24.5. The zero-order valence-corrected chi connectivity index (χ0v) is 13.4. The molecule has 0 heterocycles. The molecule has 0 fully saturated rings. The lowest BCUT2D eigenvalue weighted by molar-refractivity contribution is 0.185. The van der Waals surface area contributed by atoms with E-state index in [2.05, 4.69) is 0 Å². The molecule has 3 heteroatoms. The van der Waals surface area contributed by atoms with Crippen molar-refractivity contribution in [1.29, 1.82) is 0 Å². The predicted molar refractivity (Wildman–Crippen MR) is 95.3 cm³/mol. The highest BCUT2D eigenvalue weighted by molar-refractivity contribution is 6.14. The van der Waals surface area contributed by atoms with Gasteiger partial charge in [-0.15, -0.1) is 0 Å². The molecular weight excluding hydrogens is 301 g/mol. The molecular formula is C21H18FNO. The van der Waals surface area contributed by atoms with Gasteiger partial charge in [0.15, 0.2) is 0 Å². The van der Waals surface area contributed by atoms with Gasteiger partial charge in [0.25, 0.3) is 0 Å². The molecule has 3 rings (SSSR count). The van der Waals surface area contributed by atoms with Gasteiger partial charge in [0.2, 0.25) is 0 Å². The molecule has 0 bridgehead atoms. The van der Waals surface area contributed by atoms with E-state index in [1.54, 1.807) is 13.2 Å². The number of benzene rings is 3. The maximum Gasteiger partial charge on any atom is 0.123 e. The monoisotopic (exact) mass is 319 g/mol. The van der Waals surface area contributed by atoms with Gasteiger partial charge in [-0.2, -0.15) is 0 Å². The van der Waals surface area contributed by atoms with Crippen LogP contribution in [0.2, 0.25) is 0 Å². The fourth-order valence-electron chi connectivity index (χ4n) is 2.54. The highest BCUT2D eigenvalue weighted by atomic mass is 19.1. The summed E-state index contributed by atoms with van der Waals surface area (Å²) >= 11 is 0. The van der Waals surface area contributed by atoms with Gasteiger partial charge < -0.3 is 4.74 Å². The van der Waals surface area contributed by atoms with E-state index in [0.717, 1.165) is 22.4 Å². The first-order valence-electron chi connectivity index (χ1n) is 7.75. The number of halogens is 1. The zero-order valence-electron chi connectivity index (χ0n) is 13.4. The first-order chi connectivity index (χ1) is 11.8. The molecule has 3 aromatic rings. The second-order valence-electron chi connectivity index (χ2n) is 5.40. The van der Waals surface area contributed by atoms with Crippen LogP contribution in [0.1, 0.15) is 16.7 Å². The minimum atomic E-state index is -0.290. The third-order valence-electron chi connectivity index (χ3n) is 3.67. The Morgan fingerprint density at radius 3 is 2.00 bits per heavy atom. The molecule has 3 aromatic carbocycles. The standard InChI is InChI=1S/C21H18FNO/c1-24-15-18-14-19(22)12-13-20(18)23-21(16-8-4-2-5-9-16)17-10-6-3-7-11-17/h2-14H,15H2,1H3. The van der Waals surface area contributed by atoms with Gasteiger partial charge in [0.1, 0.15) is 5.82 Å². The Balaban J connectivity index is 2.15. The zero-order chi connectivity index (χ0) is 16.8. The Morgan fingerprint density at radius 1 is 0.875 bits per heavy atom. The fourth-order valence-corrected chi connectivity index (χ4v) is 2.54. The quantitative estimate of drug-likeness (QED) is 0.597. The van der Waals surface area contributed by atoms with Gasteiger partial charge in [0, 0.05) is 23.8 Å². The third-order valence-corrected chi connectivity index (χ3v) is 3.67. The van der Waals surface area contributed by atoms with Crippen LogP contribution in [0.25, 0.3) is 0 Å². The molecule has 0 saturated heterocycles. The van der Waals surface area contributed by atoms with E-state index in [9.17, 15) is 4.39 Å². The van der Waals surface area contributed by atoms with Crippen LogP contribution in [0.3, 0.4) is 0 Å². The largest absolute Gasteiger partial charge is 0.380 e. The van der Waals surface area contributed by atoms with Crippen molar-refractivity contribution in [2.75, 3.05) is 7.11 Å². The molecule has 0 aliphatic rings. The summed E-state index contributed by atoms with van der Waals surface area (Å²) in [5.74, 6) is -0.290. The van der Waals surface area contributed by atoms with Crippen LogP contribution in [0.5, 0.6) is 0 Å². The number of methoxy groups -OCH3 is 1. The van der Waals surface area contributed by atoms with Gasteiger partial charge in [-0.05, 0) is 18.2 Å². The summed E-state index contributed by atoms with van der Waals surface area (Å²) in [5.41, 5.74) is 4.30. The Hall–Kier alpha value is -2.78. The van der Waals surface area contributed by atoms with E-state index in [1.807, 2.05) is 60.7 Å². The average molecular weight is 319 g/mol. The number of aliphatic imine (C=N–C) groups is 1. The predicted octanol–water partition coefficient (Wildman–Crippen LogP) is 5.14. The second-order valence-corrected chi connectivity index (χ2v) is 5.40. The van der Waals surface area contributed by atoms with Crippen LogP contribution in [0.15, 0.2) is 83.9 Å². The van der Waals surface area contributed by atoms with Crippen molar-refractivity contribution in [2.24, 2.45) is 4.99 Å². The van der Waals surface area contributed by atoms with Gasteiger partial charge >= 0.3 is 0 Å². The number of rotatable bonds is 5. The molecule has 0 spiro atoms. The van der Waals surface area contributed by atoms with Crippen LogP contribution in [-0.2, 0) is 11.3 Å². The minimum Gasteiger partial charge on any atom is -0.380 e. The number of hydrogen-bond donors (Lipinski definition) is 0. The van der Waals surface area contributed by atoms with Gasteiger partial charge in [-0.1, -0.05) is 60.7 Å². The highest BCUT2D eigenvalue weighted by Gasteiger charge is 2.09. The maximum atomic E-state index is 13.5. The molecule has 0 aliphatic carbocycles. The molecule has 0 amide bonds. The van der Waals surface area contributed by atoms with E-state index in [0.29, 0.717) is 12.3 Å². The molecule has 0 radical (unpaired) electrons. The van der Waals surface area contributed by atoms with E-state index in [-0.39, 0.29) is 5.82 Å². The highest BCUT2D eigenvalue weighted by Crippen LogP contribution is 2.24. The molecule has 0 atom stereocenters. The van der Waals surface area contributed by atoms with Gasteiger partial charge in [-0.3, -0.25) is 0 Å². The smallest absolute Gasteiger partial charge is 0.123 e. The topological polar surface area (TPSA) is 21.6 Å². The van der Waals surface area contributed by atoms with E-state index in [4.69, 9.17) is 9.73 Å². The maximum absolute atomic E-state index is 13.5. The van der Waals surface area contributed by atoms with E-state index in [1.165, 1.54) is 12.1 Å². The Kier molecular flexibility index (Phi) is 5.14. The van der Waals surface area contributed by atoms with Crippen molar-refractivity contribution in [3.63, 3.8) is 0 Å². The van der Waals surface area contributed by atoms with Crippen molar-refractivity contribution in [2.45, 2.75) is 6.61 Å². The molecule has 120 valence electrons. The summed E-state index contributed by atoms with van der Waals surface area (Å²) in [7, 11) is 1.59. The molecule has 0 aliphatic heterocycles. The fraction of sp³-hybridized carbons (Fsp3) is 0.0952. The number of ether oxygens (including phenoxy) is 1. The molecule has 0 unspecified atom stereocenters. The lowest BCUT2D eigenvalue weighted by atomic mass is 10.0. The van der Waals surface area contributed by atoms with Crippen molar-refractivity contribution >= 4 is 11.4 Å². The third kappa shape index (κ3) is 3.76.